The van der Waals surface area contributed by atoms with Crippen LogP contribution in [0.3, 0.4) is 0 Å². The van der Waals surface area contributed by atoms with E-state index in [-0.39, 0.29) is 6.10 Å². The van der Waals surface area contributed by atoms with E-state index in [1.165, 1.54) is 44.9 Å². The van der Waals surface area contributed by atoms with Crippen LogP contribution in [0.2, 0.25) is 0 Å². The van der Waals surface area contributed by atoms with Gasteiger partial charge in [-0.05, 0) is 105 Å². The van der Waals surface area contributed by atoms with E-state index < -0.39 is 0 Å². The summed E-state index contributed by atoms with van der Waals surface area (Å²) in [6.45, 7) is 11.7. The van der Waals surface area contributed by atoms with Crippen LogP contribution in [0.25, 0.3) is 0 Å². The summed E-state index contributed by atoms with van der Waals surface area (Å²) in [5.41, 5.74) is 0.928. The Kier molecular flexibility index (Phi) is 6.46. The first kappa shape index (κ1) is 21.3. The molecule has 0 aliphatic heterocycles. The highest BCUT2D eigenvalue weighted by atomic mass is 16.3. The van der Waals surface area contributed by atoms with E-state index in [2.05, 4.69) is 27.7 Å². The van der Waals surface area contributed by atoms with Crippen molar-refractivity contribution >= 4 is 5.78 Å². The summed E-state index contributed by atoms with van der Waals surface area (Å²) >= 11 is 0. The Hall–Kier alpha value is -0.370. The number of carbonyl (C=O) groups is 1. The minimum atomic E-state index is -0.0509. The first-order valence-corrected chi connectivity index (χ1v) is 11.9. The molecule has 3 fully saturated rings. The normalized spacial score (nSPS) is 46.1. The molecule has 1 N–H and O–H groups in total. The monoisotopic (exact) mass is 376 g/mol. The highest BCUT2D eigenvalue weighted by Crippen LogP contribution is 2.65. The molecule has 3 aliphatic carbocycles. The minimum Gasteiger partial charge on any atom is -0.393 e. The number of ketones is 1. The Bertz CT molecular complexity index is 518. The van der Waals surface area contributed by atoms with Crippen molar-refractivity contribution in [1.82, 2.24) is 0 Å². The third-order valence-corrected chi connectivity index (χ3v) is 9.61. The van der Waals surface area contributed by atoms with Crippen molar-refractivity contribution in [2.24, 2.45) is 40.4 Å². The van der Waals surface area contributed by atoms with Crippen LogP contribution in [-0.4, -0.2) is 17.0 Å². The van der Waals surface area contributed by atoms with Crippen LogP contribution in [0, 0.1) is 40.4 Å². The summed E-state index contributed by atoms with van der Waals surface area (Å²) in [5, 5.41) is 10.0. The van der Waals surface area contributed by atoms with Crippen LogP contribution in [-0.2, 0) is 4.79 Å². The second kappa shape index (κ2) is 8.17. The second-order valence-electron chi connectivity index (χ2n) is 11.1. The number of aliphatic hydroxyl groups is 1. The fourth-order valence-electron chi connectivity index (χ4n) is 7.96. The number of fused-ring (bicyclic) bond motifs is 1. The molecule has 27 heavy (non-hydrogen) atoms. The van der Waals surface area contributed by atoms with Crippen molar-refractivity contribution in [1.29, 1.82) is 0 Å². The zero-order valence-corrected chi connectivity index (χ0v) is 18.6. The van der Waals surface area contributed by atoms with Gasteiger partial charge < -0.3 is 9.90 Å². The molecule has 0 aromatic heterocycles. The fraction of sp³-hybridized carbons (Fsp3) is 0.960. The highest BCUT2D eigenvalue weighted by molar-refractivity contribution is 5.75. The standard InChI is InChI=1S/C25H44O2/c1-6-20-22(24(4)14-11-19(27)12-15-24)13-16-25(5)21(9-10-23(20)25)17(2)7-8-18(3)26/h17,19-23,27H,6-16H2,1-5H3/t17-,19?,20?,21?,22+,23?,24?,25?/m1/s1. The van der Waals surface area contributed by atoms with Crippen molar-refractivity contribution in [3.63, 3.8) is 0 Å². The van der Waals surface area contributed by atoms with Crippen LogP contribution in [0.15, 0.2) is 0 Å². The predicted octanol–water partition coefficient (Wildman–Crippen LogP) is 6.40. The Balaban J connectivity index is 1.74. The number of Topliss-reactive ketones (excluding diaryl/α,β-unsaturated/α-hetero) is 1. The largest absolute Gasteiger partial charge is 0.393 e. The molecular weight excluding hydrogens is 332 g/mol. The number of aliphatic hydroxyl groups excluding tert-OH is 1. The van der Waals surface area contributed by atoms with Crippen LogP contribution >= 0.6 is 0 Å². The number of rotatable bonds is 6. The van der Waals surface area contributed by atoms with Crippen LogP contribution in [0.1, 0.15) is 105 Å². The van der Waals surface area contributed by atoms with Gasteiger partial charge >= 0.3 is 0 Å². The lowest BCUT2D eigenvalue weighted by molar-refractivity contribution is -0.117. The quantitative estimate of drug-likeness (QED) is 0.582. The van der Waals surface area contributed by atoms with Crippen molar-refractivity contribution in [3.05, 3.63) is 0 Å². The lowest BCUT2D eigenvalue weighted by Crippen LogP contribution is -2.48. The molecule has 3 saturated carbocycles. The summed E-state index contributed by atoms with van der Waals surface area (Å²) < 4.78 is 0. The zero-order valence-electron chi connectivity index (χ0n) is 18.6. The average Bonchev–Trinajstić information content (AvgIpc) is 2.98. The number of hydrogen-bond donors (Lipinski definition) is 1. The molecule has 0 aromatic carbocycles. The van der Waals surface area contributed by atoms with E-state index >= 15 is 0 Å². The smallest absolute Gasteiger partial charge is 0.129 e. The molecule has 0 saturated heterocycles. The SMILES string of the molecule is CCC1C2CCC([C@H](C)CCC(C)=O)C2(C)CC[C@@H]1C1(C)CCC(O)CC1. The van der Waals surface area contributed by atoms with Crippen molar-refractivity contribution in [2.75, 3.05) is 0 Å². The topological polar surface area (TPSA) is 37.3 Å². The van der Waals surface area contributed by atoms with E-state index in [0.29, 0.717) is 22.5 Å². The average molecular weight is 377 g/mol. The molecule has 3 aliphatic rings. The molecule has 0 spiro atoms. The molecule has 0 bridgehead atoms. The Morgan fingerprint density at radius 2 is 1.70 bits per heavy atom. The van der Waals surface area contributed by atoms with Gasteiger partial charge in [-0.15, -0.1) is 0 Å². The van der Waals surface area contributed by atoms with Gasteiger partial charge in [-0.25, -0.2) is 0 Å². The lowest BCUT2D eigenvalue weighted by Gasteiger charge is -2.55. The van der Waals surface area contributed by atoms with E-state index in [1.807, 2.05) is 0 Å². The molecular formula is C25H44O2. The van der Waals surface area contributed by atoms with Crippen LogP contribution in [0.5, 0.6) is 0 Å². The Morgan fingerprint density at radius 3 is 2.30 bits per heavy atom. The van der Waals surface area contributed by atoms with Crippen molar-refractivity contribution in [3.8, 4) is 0 Å². The molecule has 156 valence electrons. The van der Waals surface area contributed by atoms with E-state index in [1.54, 1.807) is 6.92 Å². The summed E-state index contributed by atoms with van der Waals surface area (Å²) in [7, 11) is 0. The Morgan fingerprint density at radius 1 is 1.04 bits per heavy atom. The molecule has 2 heteroatoms. The summed E-state index contributed by atoms with van der Waals surface area (Å²) in [4.78, 5) is 11.5. The van der Waals surface area contributed by atoms with Gasteiger partial charge in [-0.1, -0.05) is 34.1 Å². The van der Waals surface area contributed by atoms with Gasteiger partial charge in [0.25, 0.3) is 0 Å². The van der Waals surface area contributed by atoms with Gasteiger partial charge in [-0.3, -0.25) is 0 Å². The second-order valence-corrected chi connectivity index (χ2v) is 11.1. The maximum absolute atomic E-state index is 11.5. The molecule has 2 nitrogen and oxygen atoms in total. The van der Waals surface area contributed by atoms with E-state index in [0.717, 1.165) is 49.4 Å². The molecule has 4 unspecified atom stereocenters. The van der Waals surface area contributed by atoms with Crippen molar-refractivity contribution < 1.29 is 9.90 Å². The van der Waals surface area contributed by atoms with Crippen LogP contribution in [0.4, 0.5) is 0 Å². The molecule has 0 amide bonds. The van der Waals surface area contributed by atoms with Gasteiger partial charge in [-0.2, -0.15) is 0 Å². The highest BCUT2D eigenvalue weighted by Gasteiger charge is 2.56. The summed E-state index contributed by atoms with van der Waals surface area (Å²) in [6, 6.07) is 0. The summed E-state index contributed by atoms with van der Waals surface area (Å²) in [5.74, 6) is 4.41. The van der Waals surface area contributed by atoms with E-state index in [4.69, 9.17) is 0 Å². The van der Waals surface area contributed by atoms with Gasteiger partial charge in [0.15, 0.2) is 0 Å². The molecule has 6 atom stereocenters. The van der Waals surface area contributed by atoms with Gasteiger partial charge in [0, 0.05) is 6.42 Å². The third kappa shape index (κ3) is 4.02. The van der Waals surface area contributed by atoms with E-state index in [9.17, 15) is 9.90 Å². The van der Waals surface area contributed by atoms with Gasteiger partial charge in [0.2, 0.25) is 0 Å². The minimum absolute atomic E-state index is 0.0509. The fourth-order valence-corrected chi connectivity index (χ4v) is 7.96. The third-order valence-electron chi connectivity index (χ3n) is 9.61. The molecule has 0 radical (unpaired) electrons. The van der Waals surface area contributed by atoms with Gasteiger partial charge in [0.05, 0.1) is 6.10 Å². The maximum Gasteiger partial charge on any atom is 0.129 e. The van der Waals surface area contributed by atoms with Crippen LogP contribution < -0.4 is 0 Å². The zero-order chi connectivity index (χ0) is 19.8. The van der Waals surface area contributed by atoms with Crippen molar-refractivity contribution in [2.45, 2.75) is 111 Å². The lowest BCUT2D eigenvalue weighted by atomic mass is 9.50. The van der Waals surface area contributed by atoms with Gasteiger partial charge in [0.1, 0.15) is 5.78 Å². The number of hydrogen-bond acceptors (Lipinski definition) is 2. The first-order valence-electron chi connectivity index (χ1n) is 11.9. The molecule has 0 aromatic rings. The first-order chi connectivity index (χ1) is 12.7. The Labute approximate surface area is 167 Å². The predicted molar refractivity (Wildman–Crippen MR) is 112 cm³/mol. The maximum atomic E-state index is 11.5. The summed E-state index contributed by atoms with van der Waals surface area (Å²) in [6.07, 6.45) is 13.1. The molecule has 0 heterocycles. The number of carbonyl (C=O) groups excluding carboxylic acids is 1. The molecule has 3 rings (SSSR count).